The number of hydrogen-bond acceptors (Lipinski definition) is 1. The summed E-state index contributed by atoms with van der Waals surface area (Å²) in [5, 5.41) is 0. The van der Waals surface area contributed by atoms with Crippen molar-refractivity contribution in [3.05, 3.63) is 63.8 Å². The summed E-state index contributed by atoms with van der Waals surface area (Å²) in [6, 6.07) is 6.68. The zero-order valence-electron chi connectivity index (χ0n) is 21.4. The van der Waals surface area contributed by atoms with E-state index >= 15 is 0 Å². The van der Waals surface area contributed by atoms with Crippen molar-refractivity contribution in [2.75, 3.05) is 0 Å². The minimum Gasteiger partial charge on any atom is -0.289 e. The number of ketones is 1. The average Bonchev–Trinajstić information content (AvgIpc) is 2.52. The lowest BCUT2D eigenvalue weighted by molar-refractivity contribution is -0.114. The van der Waals surface area contributed by atoms with Gasteiger partial charge in [0.2, 0.25) is 0 Å². The third kappa shape index (κ3) is 5.23. The lowest BCUT2D eigenvalue weighted by Gasteiger charge is -2.32. The molecule has 0 aromatic heterocycles. The van der Waals surface area contributed by atoms with E-state index in [0.29, 0.717) is 0 Å². The highest BCUT2D eigenvalue weighted by Crippen LogP contribution is 2.41. The van der Waals surface area contributed by atoms with Crippen molar-refractivity contribution in [3.63, 3.8) is 0 Å². The first-order chi connectivity index (χ1) is 13.3. The van der Waals surface area contributed by atoms with E-state index in [-0.39, 0.29) is 27.4 Å². The van der Waals surface area contributed by atoms with Gasteiger partial charge in [0.25, 0.3) is 0 Å². The fourth-order valence-corrected chi connectivity index (χ4v) is 4.04. The molecular weight excluding hydrogens is 364 g/mol. The van der Waals surface area contributed by atoms with E-state index in [1.807, 2.05) is 0 Å². The molecule has 1 aliphatic carbocycles. The van der Waals surface area contributed by atoms with E-state index in [4.69, 9.17) is 0 Å². The molecule has 0 N–H and O–H groups in total. The Bertz CT molecular complexity index is 852. The molecule has 0 atom stereocenters. The molecule has 0 aliphatic heterocycles. The van der Waals surface area contributed by atoms with Gasteiger partial charge in [0, 0.05) is 11.1 Å². The first-order valence-corrected chi connectivity index (χ1v) is 11.2. The lowest BCUT2D eigenvalue weighted by atomic mass is 9.71. The maximum absolute atomic E-state index is 13.3. The van der Waals surface area contributed by atoms with Gasteiger partial charge in [-0.1, -0.05) is 101 Å². The molecule has 30 heavy (non-hydrogen) atoms. The van der Waals surface area contributed by atoms with Gasteiger partial charge in [-0.2, -0.15) is 0 Å². The van der Waals surface area contributed by atoms with Gasteiger partial charge in [-0.3, -0.25) is 4.79 Å². The Balaban J connectivity index is 2.88. The van der Waals surface area contributed by atoms with Crippen molar-refractivity contribution in [1.82, 2.24) is 0 Å². The fraction of sp³-hybridized carbons (Fsp3) is 0.552. The quantitative estimate of drug-likeness (QED) is 0.459. The monoisotopic (exact) mass is 406 g/mol. The SMILES string of the molecule is CC(C)(C)C1=CC(=Cc2c(C(C)(C)C)cccc2C(C)(C)C)C=C(C(C)(C)C)C1=O. The topological polar surface area (TPSA) is 17.1 Å². The lowest BCUT2D eigenvalue weighted by Crippen LogP contribution is -2.28. The zero-order chi connectivity index (χ0) is 23.3. The molecule has 0 spiro atoms. The molecule has 164 valence electrons. The maximum atomic E-state index is 13.3. The van der Waals surface area contributed by atoms with Crippen molar-refractivity contribution in [2.24, 2.45) is 10.8 Å². The smallest absolute Gasteiger partial charge is 0.186 e. The number of rotatable bonds is 1. The van der Waals surface area contributed by atoms with Crippen LogP contribution in [0.2, 0.25) is 0 Å². The summed E-state index contributed by atoms with van der Waals surface area (Å²) in [4.78, 5) is 13.3. The Hall–Kier alpha value is -1.89. The van der Waals surface area contributed by atoms with Crippen LogP contribution in [0, 0.1) is 10.8 Å². The molecule has 0 saturated heterocycles. The highest BCUT2D eigenvalue weighted by atomic mass is 16.1. The highest BCUT2D eigenvalue weighted by molar-refractivity contribution is 6.12. The van der Waals surface area contributed by atoms with Gasteiger partial charge in [0.05, 0.1) is 0 Å². The van der Waals surface area contributed by atoms with Crippen molar-refractivity contribution in [3.8, 4) is 0 Å². The van der Waals surface area contributed by atoms with Gasteiger partial charge in [-0.15, -0.1) is 0 Å². The number of benzene rings is 1. The standard InChI is InChI=1S/C29H42O/c1-26(2,3)21-14-13-15-22(27(4,5)6)20(21)16-19-17-23(28(7,8)9)25(30)24(18-19)29(10,11)12/h13-18H,1-12H3. The van der Waals surface area contributed by atoms with Gasteiger partial charge in [0.1, 0.15) is 0 Å². The third-order valence-corrected chi connectivity index (χ3v) is 5.76. The second kappa shape index (κ2) is 7.66. The van der Waals surface area contributed by atoms with E-state index in [1.165, 1.54) is 16.7 Å². The molecule has 0 heterocycles. The first kappa shape index (κ1) is 24.4. The van der Waals surface area contributed by atoms with Crippen molar-refractivity contribution in [1.29, 1.82) is 0 Å². The Morgan fingerprint density at radius 2 is 0.967 bits per heavy atom. The number of Topliss-reactive ketones (excluding diaryl/α,β-unsaturated/α-hetero) is 1. The van der Waals surface area contributed by atoms with Crippen molar-refractivity contribution < 1.29 is 4.79 Å². The predicted octanol–water partition coefficient (Wildman–Crippen LogP) is 8.19. The van der Waals surface area contributed by atoms with Crippen LogP contribution >= 0.6 is 0 Å². The Morgan fingerprint density at radius 3 is 1.27 bits per heavy atom. The Kier molecular flexibility index (Phi) is 6.23. The van der Waals surface area contributed by atoms with Crippen molar-refractivity contribution in [2.45, 2.75) is 93.9 Å². The normalized spacial score (nSPS) is 16.4. The van der Waals surface area contributed by atoms with E-state index in [2.05, 4.69) is 120 Å². The summed E-state index contributed by atoms with van der Waals surface area (Å²) >= 11 is 0. The first-order valence-electron chi connectivity index (χ1n) is 11.2. The van der Waals surface area contributed by atoms with Crippen LogP contribution in [-0.4, -0.2) is 5.78 Å². The van der Waals surface area contributed by atoms with Gasteiger partial charge >= 0.3 is 0 Å². The van der Waals surface area contributed by atoms with E-state index in [0.717, 1.165) is 16.7 Å². The van der Waals surface area contributed by atoms with E-state index in [9.17, 15) is 4.79 Å². The molecule has 1 aliphatic rings. The number of carbonyl (C=O) groups is 1. The van der Waals surface area contributed by atoms with Gasteiger partial charge in [-0.25, -0.2) is 0 Å². The molecular formula is C29H42O. The second-order valence-corrected chi connectivity index (χ2v) is 12.9. The Morgan fingerprint density at radius 1 is 0.600 bits per heavy atom. The molecule has 0 bridgehead atoms. The van der Waals surface area contributed by atoms with Crippen LogP contribution in [-0.2, 0) is 15.6 Å². The summed E-state index contributed by atoms with van der Waals surface area (Å²) in [7, 11) is 0. The molecule has 1 nitrogen and oxygen atoms in total. The van der Waals surface area contributed by atoms with Gasteiger partial charge in [0.15, 0.2) is 5.78 Å². The van der Waals surface area contributed by atoms with Crippen molar-refractivity contribution >= 4 is 11.9 Å². The predicted molar refractivity (Wildman–Crippen MR) is 132 cm³/mol. The zero-order valence-corrected chi connectivity index (χ0v) is 21.4. The van der Waals surface area contributed by atoms with E-state index < -0.39 is 0 Å². The summed E-state index contributed by atoms with van der Waals surface area (Å²) in [6.07, 6.45) is 6.54. The van der Waals surface area contributed by atoms with Crippen LogP contribution < -0.4 is 0 Å². The molecule has 2 rings (SSSR count). The largest absolute Gasteiger partial charge is 0.289 e. The number of carbonyl (C=O) groups excluding carboxylic acids is 1. The van der Waals surface area contributed by atoms with Gasteiger partial charge in [-0.05, 0) is 62.2 Å². The van der Waals surface area contributed by atoms with Crippen LogP contribution in [0.3, 0.4) is 0 Å². The van der Waals surface area contributed by atoms with Crippen LogP contribution in [0.1, 0.15) is 99.8 Å². The number of hydrogen-bond donors (Lipinski definition) is 0. The molecule has 1 heteroatoms. The highest BCUT2D eigenvalue weighted by Gasteiger charge is 2.34. The average molecular weight is 407 g/mol. The van der Waals surface area contributed by atoms with Crippen LogP contribution in [0.25, 0.3) is 6.08 Å². The number of allylic oxidation sites excluding steroid dienone is 5. The molecule has 0 saturated carbocycles. The van der Waals surface area contributed by atoms with Crippen LogP contribution in [0.4, 0.5) is 0 Å². The summed E-state index contributed by atoms with van der Waals surface area (Å²) in [6.45, 7) is 26.4. The van der Waals surface area contributed by atoms with Gasteiger partial charge < -0.3 is 0 Å². The summed E-state index contributed by atoms with van der Waals surface area (Å²) < 4.78 is 0. The summed E-state index contributed by atoms with van der Waals surface area (Å²) in [5.41, 5.74) is 6.55. The molecule has 0 radical (unpaired) electrons. The molecule has 0 fully saturated rings. The third-order valence-electron chi connectivity index (χ3n) is 5.76. The minimum absolute atomic E-state index is 0.0330. The Labute approximate surface area is 185 Å². The van der Waals surface area contributed by atoms with Crippen LogP contribution in [0.15, 0.2) is 47.1 Å². The second-order valence-electron chi connectivity index (χ2n) is 12.9. The molecule has 1 aromatic rings. The fourth-order valence-electron chi connectivity index (χ4n) is 4.04. The summed E-state index contributed by atoms with van der Waals surface area (Å²) in [5.74, 6) is 0.187. The molecule has 1 aromatic carbocycles. The molecule has 0 amide bonds. The van der Waals surface area contributed by atoms with E-state index in [1.54, 1.807) is 0 Å². The maximum Gasteiger partial charge on any atom is 0.186 e. The minimum atomic E-state index is -0.197. The van der Waals surface area contributed by atoms with Crippen LogP contribution in [0.5, 0.6) is 0 Å². The molecule has 0 unspecified atom stereocenters.